The molecular formula is C23H20N2O2. The largest absolute Gasteiger partial charge is 0.469 e. The number of hydrogen-bond donors (Lipinski definition) is 0. The van der Waals surface area contributed by atoms with Gasteiger partial charge in [0.25, 0.3) is 0 Å². The van der Waals surface area contributed by atoms with E-state index in [0.717, 1.165) is 28.3 Å². The highest BCUT2D eigenvalue weighted by molar-refractivity contribution is 6.13. The molecule has 0 spiro atoms. The molecule has 0 aliphatic carbocycles. The lowest BCUT2D eigenvalue weighted by Gasteiger charge is -2.38. The minimum absolute atomic E-state index is 0.191. The molecule has 1 unspecified atom stereocenters. The molecule has 0 N–H and O–H groups in total. The Balaban J connectivity index is 1.92. The molecule has 4 rings (SSSR count). The van der Waals surface area contributed by atoms with E-state index in [1.807, 2.05) is 84.9 Å². The third kappa shape index (κ3) is 3.34. The topological polar surface area (TPSA) is 41.9 Å². The van der Waals surface area contributed by atoms with Gasteiger partial charge in [0, 0.05) is 16.8 Å². The van der Waals surface area contributed by atoms with Gasteiger partial charge in [-0.25, -0.2) is 4.99 Å². The number of amidine groups is 1. The van der Waals surface area contributed by atoms with Gasteiger partial charge < -0.3 is 9.64 Å². The maximum atomic E-state index is 12.2. The van der Waals surface area contributed by atoms with E-state index in [1.165, 1.54) is 7.11 Å². The van der Waals surface area contributed by atoms with Gasteiger partial charge in [0.2, 0.25) is 0 Å². The Morgan fingerprint density at radius 2 is 1.56 bits per heavy atom. The fourth-order valence-corrected chi connectivity index (χ4v) is 3.45. The number of fused-ring (bicyclic) bond motifs is 1. The molecule has 0 radical (unpaired) electrons. The summed E-state index contributed by atoms with van der Waals surface area (Å²) in [7, 11) is 1.43. The fraction of sp³-hybridized carbons (Fsp3) is 0.130. The van der Waals surface area contributed by atoms with Crippen molar-refractivity contribution in [1.29, 1.82) is 0 Å². The highest BCUT2D eigenvalue weighted by Crippen LogP contribution is 2.40. The van der Waals surface area contributed by atoms with Gasteiger partial charge in [-0.1, -0.05) is 66.7 Å². The molecule has 0 amide bonds. The number of rotatable bonds is 4. The number of aliphatic imine (C=N–C) groups is 1. The Kier molecular flexibility index (Phi) is 4.71. The van der Waals surface area contributed by atoms with Crippen LogP contribution in [0.25, 0.3) is 0 Å². The molecule has 27 heavy (non-hydrogen) atoms. The van der Waals surface area contributed by atoms with Crippen LogP contribution in [0, 0.1) is 0 Å². The van der Waals surface area contributed by atoms with Gasteiger partial charge in [-0.3, -0.25) is 4.79 Å². The van der Waals surface area contributed by atoms with E-state index in [1.54, 1.807) is 0 Å². The molecule has 0 bridgehead atoms. The van der Waals surface area contributed by atoms with Crippen molar-refractivity contribution in [3.63, 3.8) is 0 Å². The average molecular weight is 356 g/mol. The summed E-state index contributed by atoms with van der Waals surface area (Å²) in [5, 5.41) is 0. The molecule has 4 nitrogen and oxygen atoms in total. The van der Waals surface area contributed by atoms with Crippen molar-refractivity contribution in [3.05, 3.63) is 96.1 Å². The summed E-state index contributed by atoms with van der Waals surface area (Å²) in [6.45, 7) is 0. The Hall–Kier alpha value is -3.40. The zero-order valence-corrected chi connectivity index (χ0v) is 15.1. The first-order valence-electron chi connectivity index (χ1n) is 8.92. The summed E-state index contributed by atoms with van der Waals surface area (Å²) in [6, 6.07) is 27.9. The maximum absolute atomic E-state index is 12.2. The molecular weight excluding hydrogens is 336 g/mol. The Bertz CT molecular complexity index is 968. The van der Waals surface area contributed by atoms with E-state index in [-0.39, 0.29) is 18.4 Å². The maximum Gasteiger partial charge on any atom is 0.307 e. The standard InChI is InChI=1S/C23H20N2O2/c1-27-22(26)16-21-19-14-8-9-15-20(19)24-23(17-10-4-2-5-11-17)25(21)18-12-6-3-7-13-18/h2-15,21H,16H2,1H3. The molecule has 1 aliphatic rings. The third-order valence-electron chi connectivity index (χ3n) is 4.72. The second-order valence-corrected chi connectivity index (χ2v) is 6.36. The van der Waals surface area contributed by atoms with Crippen LogP contribution in [-0.4, -0.2) is 18.9 Å². The number of nitrogens with zero attached hydrogens (tertiary/aromatic N) is 2. The van der Waals surface area contributed by atoms with Crippen molar-refractivity contribution in [2.24, 2.45) is 4.99 Å². The molecule has 0 saturated heterocycles. The first kappa shape index (κ1) is 17.0. The molecule has 0 saturated carbocycles. The van der Waals surface area contributed by atoms with Crippen LogP contribution in [0.4, 0.5) is 11.4 Å². The van der Waals surface area contributed by atoms with Gasteiger partial charge in [-0.05, 0) is 18.2 Å². The zero-order chi connectivity index (χ0) is 18.6. The molecule has 134 valence electrons. The SMILES string of the molecule is COC(=O)CC1c2ccccc2N=C(c2ccccc2)N1c1ccccc1. The highest BCUT2D eigenvalue weighted by atomic mass is 16.5. The summed E-state index contributed by atoms with van der Waals surface area (Å²) in [5.41, 5.74) is 3.90. The Morgan fingerprint density at radius 1 is 0.926 bits per heavy atom. The van der Waals surface area contributed by atoms with Gasteiger partial charge >= 0.3 is 5.97 Å². The van der Waals surface area contributed by atoms with Gasteiger partial charge in [0.1, 0.15) is 5.84 Å². The van der Waals surface area contributed by atoms with E-state index in [9.17, 15) is 4.79 Å². The van der Waals surface area contributed by atoms with Gasteiger partial charge in [-0.2, -0.15) is 0 Å². The lowest BCUT2D eigenvalue weighted by atomic mass is 9.95. The number of carbonyl (C=O) groups is 1. The first-order valence-corrected chi connectivity index (χ1v) is 8.92. The van der Waals surface area contributed by atoms with E-state index in [2.05, 4.69) is 4.90 Å². The van der Waals surface area contributed by atoms with Gasteiger partial charge in [0.05, 0.1) is 25.3 Å². The van der Waals surface area contributed by atoms with Crippen molar-refractivity contribution in [2.45, 2.75) is 12.5 Å². The first-order chi connectivity index (χ1) is 13.3. The average Bonchev–Trinajstić information content (AvgIpc) is 2.74. The predicted molar refractivity (Wildman–Crippen MR) is 107 cm³/mol. The van der Waals surface area contributed by atoms with Gasteiger partial charge in [-0.15, -0.1) is 0 Å². The second-order valence-electron chi connectivity index (χ2n) is 6.36. The van der Waals surface area contributed by atoms with E-state index < -0.39 is 0 Å². The summed E-state index contributed by atoms with van der Waals surface area (Å²) in [4.78, 5) is 19.3. The molecule has 3 aromatic rings. The number of benzene rings is 3. The van der Waals surface area contributed by atoms with Crippen LogP contribution in [0.1, 0.15) is 23.6 Å². The van der Waals surface area contributed by atoms with Crippen LogP contribution in [0.15, 0.2) is 89.9 Å². The number of anilines is 1. The lowest BCUT2D eigenvalue weighted by Crippen LogP contribution is -2.39. The number of ether oxygens (including phenoxy) is 1. The van der Waals surface area contributed by atoms with Crippen molar-refractivity contribution < 1.29 is 9.53 Å². The van der Waals surface area contributed by atoms with E-state index >= 15 is 0 Å². The third-order valence-corrected chi connectivity index (χ3v) is 4.72. The van der Waals surface area contributed by atoms with Crippen LogP contribution < -0.4 is 4.90 Å². The zero-order valence-electron chi connectivity index (χ0n) is 15.1. The van der Waals surface area contributed by atoms with Crippen LogP contribution >= 0.6 is 0 Å². The quantitative estimate of drug-likeness (QED) is 0.625. The molecule has 1 aliphatic heterocycles. The van der Waals surface area contributed by atoms with Crippen LogP contribution in [0.5, 0.6) is 0 Å². The number of esters is 1. The van der Waals surface area contributed by atoms with E-state index in [4.69, 9.17) is 9.73 Å². The normalized spacial score (nSPS) is 15.7. The molecule has 1 heterocycles. The minimum Gasteiger partial charge on any atom is -0.469 e. The number of para-hydroxylation sites is 2. The smallest absolute Gasteiger partial charge is 0.307 e. The van der Waals surface area contributed by atoms with Crippen LogP contribution in [0.3, 0.4) is 0 Å². The van der Waals surface area contributed by atoms with Crippen molar-refractivity contribution in [1.82, 2.24) is 0 Å². The number of methoxy groups -OCH3 is 1. The fourth-order valence-electron chi connectivity index (χ4n) is 3.45. The second kappa shape index (κ2) is 7.46. The Labute approximate surface area is 158 Å². The summed E-state index contributed by atoms with van der Waals surface area (Å²) in [5.74, 6) is 0.583. The predicted octanol–water partition coefficient (Wildman–Crippen LogP) is 4.89. The summed E-state index contributed by atoms with van der Waals surface area (Å²) in [6.07, 6.45) is 0.244. The molecule has 0 fully saturated rings. The molecule has 0 aromatic heterocycles. The molecule has 3 aromatic carbocycles. The summed E-state index contributed by atoms with van der Waals surface area (Å²) >= 11 is 0. The monoisotopic (exact) mass is 356 g/mol. The van der Waals surface area contributed by atoms with Crippen molar-refractivity contribution in [2.75, 3.05) is 12.0 Å². The Morgan fingerprint density at radius 3 is 2.26 bits per heavy atom. The molecule has 4 heteroatoms. The summed E-state index contributed by atoms with van der Waals surface area (Å²) < 4.78 is 4.99. The van der Waals surface area contributed by atoms with Crippen molar-refractivity contribution in [3.8, 4) is 0 Å². The number of carbonyl (C=O) groups excluding carboxylic acids is 1. The highest BCUT2D eigenvalue weighted by Gasteiger charge is 2.33. The minimum atomic E-state index is -0.245. The number of hydrogen-bond acceptors (Lipinski definition) is 4. The van der Waals surface area contributed by atoms with Crippen LogP contribution in [0.2, 0.25) is 0 Å². The van der Waals surface area contributed by atoms with Crippen molar-refractivity contribution >= 4 is 23.2 Å². The molecule has 1 atom stereocenters. The lowest BCUT2D eigenvalue weighted by molar-refractivity contribution is -0.141. The van der Waals surface area contributed by atoms with Gasteiger partial charge in [0.15, 0.2) is 0 Å². The van der Waals surface area contributed by atoms with Crippen LogP contribution in [-0.2, 0) is 9.53 Å². The van der Waals surface area contributed by atoms with E-state index in [0.29, 0.717) is 0 Å².